The fourth-order valence-electron chi connectivity index (χ4n) is 4.57. The zero-order valence-electron chi connectivity index (χ0n) is 21.5. The number of benzene rings is 1. The largest absolute Gasteiger partial charge is 0.358 e. The maximum atomic E-state index is 13.9. The fraction of sp³-hybridized carbons (Fsp3) is 0.261. The van der Waals surface area contributed by atoms with Crippen LogP contribution in [0.3, 0.4) is 0 Å². The van der Waals surface area contributed by atoms with Crippen LogP contribution >= 0.6 is 11.6 Å². The van der Waals surface area contributed by atoms with Gasteiger partial charge in [-0.1, -0.05) is 30.2 Å². The van der Waals surface area contributed by atoms with Crippen molar-refractivity contribution in [2.45, 2.75) is 31.7 Å². The Morgan fingerprint density at radius 1 is 1.10 bits per heavy atom. The van der Waals surface area contributed by atoms with E-state index in [0.29, 0.717) is 22.9 Å². The number of alkyl halides is 2. The Morgan fingerprint density at radius 2 is 1.81 bits per heavy atom. The molecule has 0 aliphatic heterocycles. The van der Waals surface area contributed by atoms with Crippen LogP contribution in [0.2, 0.25) is 5.02 Å². The van der Waals surface area contributed by atoms with Crippen molar-refractivity contribution in [3.8, 4) is 5.82 Å². The number of hydrogen-bond acceptors (Lipinski definition) is 10. The molecular formula is C23H24ClF2N13O3. The van der Waals surface area contributed by atoms with Gasteiger partial charge in [-0.3, -0.25) is 9.89 Å². The Hall–Kier alpha value is -4.94. The Kier molecular flexibility index (Phi) is 7.59. The molecule has 42 heavy (non-hydrogen) atoms. The number of urea groups is 2. The van der Waals surface area contributed by atoms with Crippen LogP contribution in [-0.4, -0.2) is 41.8 Å². The van der Waals surface area contributed by atoms with Gasteiger partial charge in [0.1, 0.15) is 10.8 Å². The molecule has 4 aromatic rings. The molecule has 5 rings (SSSR count). The maximum absolute atomic E-state index is 13.9. The van der Waals surface area contributed by atoms with Crippen LogP contribution < -0.4 is 44.0 Å². The summed E-state index contributed by atoms with van der Waals surface area (Å²) in [6, 6.07) is 2.33. The highest BCUT2D eigenvalue weighted by atomic mass is 35.5. The van der Waals surface area contributed by atoms with Crippen molar-refractivity contribution in [2.24, 2.45) is 29.1 Å². The van der Waals surface area contributed by atoms with E-state index in [-0.39, 0.29) is 39.3 Å². The van der Waals surface area contributed by atoms with E-state index in [1.165, 1.54) is 24.4 Å². The number of nitrogens with two attached hydrogens (primary N) is 4. The van der Waals surface area contributed by atoms with E-state index in [1.54, 1.807) is 0 Å². The number of hydrazine groups is 2. The summed E-state index contributed by atoms with van der Waals surface area (Å²) < 4.78 is 29.0. The summed E-state index contributed by atoms with van der Waals surface area (Å²) in [5.74, 6) is 10.4. The molecule has 1 aliphatic rings. The molecule has 4 amide bonds. The summed E-state index contributed by atoms with van der Waals surface area (Å²) in [5.41, 5.74) is 9.34. The third kappa shape index (κ3) is 5.01. The van der Waals surface area contributed by atoms with Gasteiger partial charge in [0.15, 0.2) is 17.5 Å². The summed E-state index contributed by atoms with van der Waals surface area (Å²) in [5, 5.41) is 10.0. The lowest BCUT2D eigenvalue weighted by molar-refractivity contribution is 0.153. The predicted octanol–water partition coefficient (Wildman–Crippen LogP) is 1.96. The quantitative estimate of drug-likeness (QED) is 0.0970. The second-order valence-electron chi connectivity index (χ2n) is 9.32. The maximum Gasteiger partial charge on any atom is 0.336 e. The average molecular weight is 604 g/mol. The number of anilines is 3. The molecule has 1 saturated carbocycles. The van der Waals surface area contributed by atoms with Crippen molar-refractivity contribution in [1.82, 2.24) is 29.7 Å². The number of nitrogens with zero attached hydrogens (tertiary/aromatic N) is 7. The zero-order chi connectivity index (χ0) is 30.3. The highest BCUT2D eigenvalue weighted by Gasteiger charge is 2.35. The molecule has 1 fully saturated rings. The third-order valence-corrected chi connectivity index (χ3v) is 7.19. The molecule has 1 atom stereocenters. The van der Waals surface area contributed by atoms with Gasteiger partial charge in [0, 0.05) is 17.8 Å². The molecule has 16 nitrogen and oxygen atoms in total. The molecule has 1 aliphatic carbocycles. The van der Waals surface area contributed by atoms with Crippen LogP contribution in [0.5, 0.6) is 0 Å². The molecule has 0 saturated heterocycles. The first-order valence-corrected chi connectivity index (χ1v) is 12.7. The Balaban J connectivity index is 1.75. The minimum absolute atomic E-state index is 0.0320. The number of carbonyl (C=O) groups excluding carboxylic acids is 2. The molecule has 0 radical (unpaired) electrons. The summed E-state index contributed by atoms with van der Waals surface area (Å²) in [7, 11) is 0. The lowest BCUT2D eigenvalue weighted by Gasteiger charge is -2.35. The number of halogens is 3. The van der Waals surface area contributed by atoms with Gasteiger partial charge in [-0.15, -0.1) is 0 Å². The third-order valence-electron chi connectivity index (χ3n) is 6.84. The fourth-order valence-corrected chi connectivity index (χ4v) is 4.80. The number of aromatic amines is 1. The summed E-state index contributed by atoms with van der Waals surface area (Å²) in [6.07, 6.45) is 0.733. The second-order valence-corrected chi connectivity index (χ2v) is 9.70. The van der Waals surface area contributed by atoms with Gasteiger partial charge in [0.25, 0.3) is 17.9 Å². The molecule has 3 aromatic heterocycles. The van der Waals surface area contributed by atoms with Crippen LogP contribution in [0.1, 0.15) is 43.1 Å². The van der Waals surface area contributed by atoms with E-state index >= 15 is 0 Å². The Bertz CT molecular complexity index is 1730. The van der Waals surface area contributed by atoms with Crippen LogP contribution in [0, 0.1) is 5.92 Å². The number of fused-ring (bicyclic) bond motifs is 1. The molecule has 0 spiro atoms. The van der Waals surface area contributed by atoms with E-state index in [9.17, 15) is 23.2 Å². The van der Waals surface area contributed by atoms with Crippen LogP contribution in [0.15, 0.2) is 35.3 Å². The van der Waals surface area contributed by atoms with E-state index in [4.69, 9.17) is 34.8 Å². The molecular weight excluding hydrogens is 580 g/mol. The molecule has 0 bridgehead atoms. The van der Waals surface area contributed by atoms with Crippen molar-refractivity contribution in [3.05, 3.63) is 57.2 Å². The Morgan fingerprint density at radius 3 is 2.38 bits per heavy atom. The molecule has 10 N–H and O–H groups in total. The topological polar surface area (TPSA) is 246 Å². The lowest BCUT2D eigenvalue weighted by Crippen LogP contribution is -2.45. The van der Waals surface area contributed by atoms with Crippen molar-refractivity contribution < 1.29 is 18.4 Å². The normalized spacial score (nSPS) is 14.0. The first-order valence-electron chi connectivity index (χ1n) is 12.4. The van der Waals surface area contributed by atoms with Gasteiger partial charge in [-0.25, -0.2) is 44.6 Å². The lowest BCUT2D eigenvalue weighted by atomic mass is 9.79. The number of aromatic nitrogens is 6. The van der Waals surface area contributed by atoms with Crippen LogP contribution in [0.4, 0.5) is 36.0 Å². The molecule has 220 valence electrons. The van der Waals surface area contributed by atoms with Crippen LogP contribution in [0.25, 0.3) is 16.7 Å². The highest BCUT2D eigenvalue weighted by Crippen LogP contribution is 2.42. The molecule has 3 heterocycles. The first-order chi connectivity index (χ1) is 20.0. The van der Waals surface area contributed by atoms with Crippen molar-refractivity contribution in [3.63, 3.8) is 0 Å². The number of primary amides is 2. The summed E-state index contributed by atoms with van der Waals surface area (Å²) in [6.45, 7) is 0. The van der Waals surface area contributed by atoms with Gasteiger partial charge in [-0.2, -0.15) is 20.1 Å². The van der Waals surface area contributed by atoms with Crippen molar-refractivity contribution >= 4 is 52.2 Å². The zero-order valence-corrected chi connectivity index (χ0v) is 22.3. The number of carbonyl (C=O) groups is 2. The number of hydrogen-bond donors (Lipinski definition) is 6. The van der Waals surface area contributed by atoms with Gasteiger partial charge in [-0.05, 0) is 24.8 Å². The Labute approximate surface area is 239 Å². The monoisotopic (exact) mass is 603 g/mol. The van der Waals surface area contributed by atoms with Crippen LogP contribution in [-0.2, 0) is 0 Å². The van der Waals surface area contributed by atoms with Gasteiger partial charge in [0.05, 0.1) is 16.9 Å². The number of H-pyrrole nitrogens is 1. The van der Waals surface area contributed by atoms with Gasteiger partial charge >= 0.3 is 12.1 Å². The van der Waals surface area contributed by atoms with Gasteiger partial charge < -0.3 is 16.8 Å². The molecule has 19 heteroatoms. The average Bonchev–Trinajstić information content (AvgIpc) is 3.45. The summed E-state index contributed by atoms with van der Waals surface area (Å²) >= 11 is 6.54. The minimum atomic E-state index is -2.94. The standard InChI is InChI=1S/C23H24ClF2N13O3/c24-14-17(34-23(39(30)22(28)42)35-18(14)38(29)21(27)41)33-15(9-3-1-4-9)19-32-11-6-2-5-10(16(25)26)13(11)20(40)37(19)12-7-8-31-36-12/h2,5-9,15-16H,1,3-4,29-30H2,(H2,27,41)(H2,28,42)(H,31,36)(H,33,34,35)/t15-/m0/s1. The highest BCUT2D eigenvalue weighted by molar-refractivity contribution is 6.35. The SMILES string of the molecule is NC(=O)N(N)c1nc(N[C@H](c2nc3cccc(C(F)F)c3c(=O)n2-c2cc[nH]n2)C2CCC2)c(Cl)c(N(N)C(N)=O)n1. The summed E-state index contributed by atoms with van der Waals surface area (Å²) in [4.78, 5) is 50.2. The van der Waals surface area contributed by atoms with E-state index in [2.05, 4.69) is 30.5 Å². The number of rotatable bonds is 8. The predicted molar refractivity (Wildman–Crippen MR) is 148 cm³/mol. The molecule has 1 aromatic carbocycles. The first kappa shape index (κ1) is 28.6. The smallest absolute Gasteiger partial charge is 0.336 e. The number of amides is 4. The molecule has 0 unspecified atom stereocenters. The second kappa shape index (κ2) is 11.1. The van der Waals surface area contributed by atoms with Crippen molar-refractivity contribution in [2.75, 3.05) is 15.3 Å². The minimum Gasteiger partial charge on any atom is -0.358 e. The van der Waals surface area contributed by atoms with E-state index in [1.807, 2.05) is 0 Å². The van der Waals surface area contributed by atoms with E-state index < -0.39 is 47.4 Å². The van der Waals surface area contributed by atoms with Crippen molar-refractivity contribution in [1.29, 1.82) is 0 Å². The van der Waals surface area contributed by atoms with E-state index in [0.717, 1.165) is 17.1 Å². The number of nitrogens with one attached hydrogen (secondary N) is 2. The van der Waals surface area contributed by atoms with Gasteiger partial charge in [0.2, 0.25) is 0 Å².